The van der Waals surface area contributed by atoms with Gasteiger partial charge in [0.05, 0.1) is 12.7 Å². The number of nitrogens with zero attached hydrogens (tertiary/aromatic N) is 3. The van der Waals surface area contributed by atoms with Crippen LogP contribution in [0.2, 0.25) is 0 Å². The van der Waals surface area contributed by atoms with Gasteiger partial charge in [0.1, 0.15) is 18.0 Å². The summed E-state index contributed by atoms with van der Waals surface area (Å²) in [5, 5.41) is 3.26. The van der Waals surface area contributed by atoms with Gasteiger partial charge in [-0.25, -0.2) is 14.8 Å². The molecule has 0 spiro atoms. The smallest absolute Gasteiger partial charge is 0.337 e. The Balaban J connectivity index is 1.56. The molecule has 27 heavy (non-hydrogen) atoms. The lowest BCUT2D eigenvalue weighted by molar-refractivity contribution is 0.0601. The van der Waals surface area contributed by atoms with Crippen molar-refractivity contribution in [1.29, 1.82) is 0 Å². The number of fused-ring (bicyclic) bond motifs is 1. The molecule has 0 amide bonds. The Bertz CT molecular complexity index is 956. The fraction of sp³-hybridized carbons (Fsp3) is 0.190. The van der Waals surface area contributed by atoms with Gasteiger partial charge in [0.2, 0.25) is 0 Å². The highest BCUT2D eigenvalue weighted by Crippen LogP contribution is 2.32. The van der Waals surface area contributed by atoms with Crippen molar-refractivity contribution in [3.8, 4) is 0 Å². The summed E-state index contributed by atoms with van der Waals surface area (Å²) in [7, 11) is 1.37. The van der Waals surface area contributed by atoms with E-state index in [-0.39, 0.29) is 5.97 Å². The van der Waals surface area contributed by atoms with Gasteiger partial charge >= 0.3 is 5.97 Å². The van der Waals surface area contributed by atoms with Crippen molar-refractivity contribution in [1.82, 2.24) is 9.97 Å². The number of para-hydroxylation sites is 1. The lowest BCUT2D eigenvalue weighted by Gasteiger charge is -2.30. The first-order valence-corrected chi connectivity index (χ1v) is 8.87. The summed E-state index contributed by atoms with van der Waals surface area (Å²) >= 11 is 0. The first kappa shape index (κ1) is 17.0. The van der Waals surface area contributed by atoms with Gasteiger partial charge in [0.15, 0.2) is 0 Å². The second kappa shape index (κ2) is 7.45. The number of hydrogen-bond donors (Lipinski definition) is 1. The molecule has 2 aromatic carbocycles. The summed E-state index contributed by atoms with van der Waals surface area (Å²) < 4.78 is 4.72. The zero-order chi connectivity index (χ0) is 18.6. The van der Waals surface area contributed by atoms with Crippen molar-refractivity contribution in [2.75, 3.05) is 23.9 Å². The van der Waals surface area contributed by atoms with Crippen LogP contribution >= 0.6 is 0 Å². The molecule has 3 aromatic rings. The normalized spacial score (nSPS) is 13.0. The van der Waals surface area contributed by atoms with Crippen molar-refractivity contribution in [2.45, 2.75) is 12.8 Å². The van der Waals surface area contributed by atoms with Gasteiger partial charge in [0.25, 0.3) is 0 Å². The molecule has 0 atom stereocenters. The third-order valence-corrected chi connectivity index (χ3v) is 4.62. The molecule has 0 fully saturated rings. The van der Waals surface area contributed by atoms with E-state index in [9.17, 15) is 4.79 Å². The van der Waals surface area contributed by atoms with E-state index in [1.807, 2.05) is 18.2 Å². The first-order chi connectivity index (χ1) is 13.2. The highest BCUT2D eigenvalue weighted by atomic mass is 16.5. The highest BCUT2D eigenvalue weighted by Gasteiger charge is 2.19. The number of methoxy groups -OCH3 is 1. The Morgan fingerprint density at radius 2 is 1.93 bits per heavy atom. The summed E-state index contributed by atoms with van der Waals surface area (Å²) in [6.45, 7) is 0.932. The molecule has 0 saturated carbocycles. The third kappa shape index (κ3) is 3.60. The quantitative estimate of drug-likeness (QED) is 0.707. The number of anilines is 4. The Morgan fingerprint density at radius 3 is 2.74 bits per heavy atom. The number of ether oxygens (including phenoxy) is 1. The number of esters is 1. The van der Waals surface area contributed by atoms with Crippen molar-refractivity contribution < 1.29 is 9.53 Å². The molecule has 1 aliphatic rings. The van der Waals surface area contributed by atoms with Gasteiger partial charge in [-0.1, -0.05) is 18.2 Å². The number of aryl methyl sites for hydroxylation is 1. The standard InChI is InChI=1S/C21H20N4O2/c1-27-21(26)16-8-10-17(11-9-16)24-19-13-20(23-14-22-19)25-12-4-6-15-5-2-3-7-18(15)25/h2-3,5,7-11,13-14H,4,6,12H2,1H3,(H,22,23,24). The Hall–Kier alpha value is -3.41. The molecule has 2 heterocycles. The monoisotopic (exact) mass is 360 g/mol. The maximum Gasteiger partial charge on any atom is 0.337 e. The SMILES string of the molecule is COC(=O)c1ccc(Nc2cc(N3CCCc4ccccc43)ncn2)cc1. The minimum atomic E-state index is -0.352. The highest BCUT2D eigenvalue weighted by molar-refractivity contribution is 5.89. The number of benzene rings is 2. The van der Waals surface area contributed by atoms with Gasteiger partial charge < -0.3 is 15.0 Å². The van der Waals surface area contributed by atoms with E-state index in [0.717, 1.165) is 30.9 Å². The van der Waals surface area contributed by atoms with Crippen LogP contribution in [-0.4, -0.2) is 29.6 Å². The molecular formula is C21H20N4O2. The van der Waals surface area contributed by atoms with Crippen molar-refractivity contribution >= 4 is 29.0 Å². The maximum atomic E-state index is 11.5. The van der Waals surface area contributed by atoms with E-state index < -0.39 is 0 Å². The van der Waals surface area contributed by atoms with Crippen molar-refractivity contribution in [2.24, 2.45) is 0 Å². The van der Waals surface area contributed by atoms with Crippen LogP contribution in [0.25, 0.3) is 0 Å². The summed E-state index contributed by atoms with van der Waals surface area (Å²) in [4.78, 5) is 22.5. The van der Waals surface area contributed by atoms with Crippen LogP contribution in [-0.2, 0) is 11.2 Å². The first-order valence-electron chi connectivity index (χ1n) is 8.87. The van der Waals surface area contributed by atoms with Gasteiger partial charge in [-0.05, 0) is 48.7 Å². The average Bonchev–Trinajstić information content (AvgIpc) is 2.73. The van der Waals surface area contributed by atoms with Crippen LogP contribution < -0.4 is 10.2 Å². The van der Waals surface area contributed by atoms with Crippen LogP contribution in [0.3, 0.4) is 0 Å². The van der Waals surface area contributed by atoms with E-state index >= 15 is 0 Å². The molecule has 6 heteroatoms. The number of nitrogens with one attached hydrogen (secondary N) is 1. The molecule has 0 unspecified atom stereocenters. The number of carbonyl (C=O) groups excluding carboxylic acids is 1. The summed E-state index contributed by atoms with van der Waals surface area (Å²) in [6.07, 6.45) is 3.76. The number of hydrogen-bond acceptors (Lipinski definition) is 6. The van der Waals surface area contributed by atoms with E-state index in [1.165, 1.54) is 18.4 Å². The van der Waals surface area contributed by atoms with Gasteiger partial charge in [0, 0.05) is 24.0 Å². The average molecular weight is 360 g/mol. The lowest BCUT2D eigenvalue weighted by atomic mass is 10.0. The molecule has 1 aromatic heterocycles. The van der Waals surface area contributed by atoms with E-state index in [1.54, 1.807) is 18.5 Å². The van der Waals surface area contributed by atoms with Crippen LogP contribution in [0.4, 0.5) is 23.0 Å². The number of carbonyl (C=O) groups is 1. The van der Waals surface area contributed by atoms with Gasteiger partial charge in [-0.3, -0.25) is 0 Å². The third-order valence-electron chi connectivity index (χ3n) is 4.62. The number of rotatable bonds is 4. The van der Waals surface area contributed by atoms with Crippen molar-refractivity contribution in [3.63, 3.8) is 0 Å². The minimum Gasteiger partial charge on any atom is -0.465 e. The molecule has 1 aliphatic heterocycles. The van der Waals surface area contributed by atoms with Crippen molar-refractivity contribution in [3.05, 3.63) is 72.1 Å². The second-order valence-electron chi connectivity index (χ2n) is 6.34. The predicted molar refractivity (Wildman–Crippen MR) is 105 cm³/mol. The second-order valence-corrected chi connectivity index (χ2v) is 6.34. The van der Waals surface area contributed by atoms with Crippen LogP contribution in [0, 0.1) is 0 Å². The van der Waals surface area contributed by atoms with Crippen LogP contribution in [0.5, 0.6) is 0 Å². The molecule has 1 N–H and O–H groups in total. The number of aromatic nitrogens is 2. The topological polar surface area (TPSA) is 67.3 Å². The fourth-order valence-corrected chi connectivity index (χ4v) is 3.29. The van der Waals surface area contributed by atoms with Crippen LogP contribution in [0.15, 0.2) is 60.9 Å². The minimum absolute atomic E-state index is 0.352. The maximum absolute atomic E-state index is 11.5. The van der Waals surface area contributed by atoms with Gasteiger partial charge in [-0.2, -0.15) is 0 Å². The Labute approximate surface area is 157 Å². The summed E-state index contributed by atoms with van der Waals surface area (Å²) in [5.74, 6) is 1.22. The predicted octanol–water partition coefficient (Wildman–Crippen LogP) is 4.09. The zero-order valence-corrected chi connectivity index (χ0v) is 15.1. The summed E-state index contributed by atoms with van der Waals surface area (Å²) in [6, 6.07) is 17.5. The summed E-state index contributed by atoms with van der Waals surface area (Å²) in [5.41, 5.74) is 3.90. The van der Waals surface area contributed by atoms with E-state index in [0.29, 0.717) is 11.4 Å². The fourth-order valence-electron chi connectivity index (χ4n) is 3.29. The largest absolute Gasteiger partial charge is 0.465 e. The molecule has 0 bridgehead atoms. The molecular weight excluding hydrogens is 340 g/mol. The zero-order valence-electron chi connectivity index (χ0n) is 15.1. The van der Waals surface area contributed by atoms with E-state index in [4.69, 9.17) is 4.74 Å². The molecule has 6 nitrogen and oxygen atoms in total. The molecule has 0 saturated heterocycles. The lowest BCUT2D eigenvalue weighted by Crippen LogP contribution is -2.25. The van der Waals surface area contributed by atoms with E-state index in [2.05, 4.69) is 44.5 Å². The van der Waals surface area contributed by atoms with Gasteiger partial charge in [-0.15, -0.1) is 0 Å². The molecule has 0 aliphatic carbocycles. The molecule has 4 rings (SSSR count). The molecule has 136 valence electrons. The molecule has 0 radical (unpaired) electrons. The Kier molecular flexibility index (Phi) is 4.70. The van der Waals surface area contributed by atoms with Crippen LogP contribution in [0.1, 0.15) is 22.3 Å². The Morgan fingerprint density at radius 1 is 1.11 bits per heavy atom.